The lowest BCUT2D eigenvalue weighted by Crippen LogP contribution is -2.34. The number of halogens is 1. The summed E-state index contributed by atoms with van der Waals surface area (Å²) in [4.78, 5) is 11.9. The van der Waals surface area contributed by atoms with Gasteiger partial charge in [-0.2, -0.15) is 0 Å². The minimum absolute atomic E-state index is 0.137. The van der Waals surface area contributed by atoms with Crippen LogP contribution in [0.15, 0.2) is 16.6 Å². The van der Waals surface area contributed by atoms with Crippen molar-refractivity contribution in [1.82, 2.24) is 5.32 Å². The Kier molecular flexibility index (Phi) is 5.58. The second-order valence-electron chi connectivity index (χ2n) is 3.99. The SMILES string of the molecule is COCC(O)CNC(=O)c1cc(Br)cc(N)c1C. The smallest absolute Gasteiger partial charge is 0.251 e. The molecule has 1 atom stereocenters. The molecule has 0 spiro atoms. The first kappa shape index (κ1) is 14.9. The van der Waals surface area contributed by atoms with E-state index in [1.165, 1.54) is 7.11 Å². The summed E-state index contributed by atoms with van der Waals surface area (Å²) in [6, 6.07) is 3.44. The number of carbonyl (C=O) groups is 1. The van der Waals surface area contributed by atoms with E-state index in [1.807, 2.05) is 0 Å². The number of hydrogen-bond acceptors (Lipinski definition) is 4. The van der Waals surface area contributed by atoms with Gasteiger partial charge in [0.15, 0.2) is 0 Å². The quantitative estimate of drug-likeness (QED) is 0.710. The monoisotopic (exact) mass is 316 g/mol. The number of methoxy groups -OCH3 is 1. The van der Waals surface area contributed by atoms with Crippen molar-refractivity contribution >= 4 is 27.5 Å². The van der Waals surface area contributed by atoms with Gasteiger partial charge in [0.2, 0.25) is 0 Å². The molecule has 1 amide bonds. The van der Waals surface area contributed by atoms with Crippen LogP contribution < -0.4 is 11.1 Å². The van der Waals surface area contributed by atoms with Crippen molar-refractivity contribution in [2.24, 2.45) is 0 Å². The third-order valence-corrected chi connectivity index (χ3v) is 2.97. The number of benzene rings is 1. The Morgan fingerprint density at radius 1 is 1.61 bits per heavy atom. The lowest BCUT2D eigenvalue weighted by Gasteiger charge is -2.13. The highest BCUT2D eigenvalue weighted by molar-refractivity contribution is 9.10. The Morgan fingerprint density at radius 2 is 2.28 bits per heavy atom. The van der Waals surface area contributed by atoms with E-state index < -0.39 is 6.10 Å². The van der Waals surface area contributed by atoms with Gasteiger partial charge in [-0.1, -0.05) is 15.9 Å². The van der Waals surface area contributed by atoms with Crippen molar-refractivity contribution in [2.75, 3.05) is 26.0 Å². The standard InChI is InChI=1S/C12H17BrN2O3/c1-7-10(3-8(13)4-11(7)14)12(17)15-5-9(16)6-18-2/h3-4,9,16H,5-6,14H2,1-2H3,(H,15,17). The van der Waals surface area contributed by atoms with E-state index in [0.717, 1.165) is 10.0 Å². The molecule has 100 valence electrons. The van der Waals surface area contributed by atoms with Crippen molar-refractivity contribution in [2.45, 2.75) is 13.0 Å². The fourth-order valence-electron chi connectivity index (χ4n) is 1.49. The van der Waals surface area contributed by atoms with Crippen molar-refractivity contribution in [3.8, 4) is 0 Å². The molecule has 1 unspecified atom stereocenters. The van der Waals surface area contributed by atoms with Crippen LogP contribution in [-0.2, 0) is 4.74 Å². The maximum atomic E-state index is 11.9. The molecular weight excluding hydrogens is 300 g/mol. The van der Waals surface area contributed by atoms with Crippen molar-refractivity contribution in [1.29, 1.82) is 0 Å². The number of ether oxygens (including phenoxy) is 1. The molecule has 0 bridgehead atoms. The van der Waals surface area contributed by atoms with Crippen LogP contribution in [0.3, 0.4) is 0 Å². The Balaban J connectivity index is 2.73. The highest BCUT2D eigenvalue weighted by Gasteiger charge is 2.13. The lowest BCUT2D eigenvalue weighted by molar-refractivity contribution is 0.0609. The van der Waals surface area contributed by atoms with Crippen LogP contribution in [0.4, 0.5) is 5.69 Å². The number of carbonyl (C=O) groups excluding carboxylic acids is 1. The molecule has 0 radical (unpaired) electrons. The van der Waals surface area contributed by atoms with Crippen LogP contribution in [-0.4, -0.2) is 37.4 Å². The zero-order valence-electron chi connectivity index (χ0n) is 10.4. The second kappa shape index (κ2) is 6.72. The fraction of sp³-hybridized carbons (Fsp3) is 0.417. The molecular formula is C12H17BrN2O3. The molecule has 0 fully saturated rings. The predicted octanol–water partition coefficient (Wildman–Crippen LogP) is 1.08. The van der Waals surface area contributed by atoms with Crippen LogP contribution in [0, 0.1) is 6.92 Å². The Bertz CT molecular complexity index is 438. The number of nitrogens with two attached hydrogens (primary N) is 1. The van der Waals surface area contributed by atoms with Gasteiger partial charge in [0.25, 0.3) is 5.91 Å². The number of nitrogens with one attached hydrogen (secondary N) is 1. The molecule has 1 aromatic carbocycles. The largest absolute Gasteiger partial charge is 0.398 e. The molecule has 0 aliphatic carbocycles. The van der Waals surface area contributed by atoms with Gasteiger partial charge < -0.3 is 20.9 Å². The molecule has 18 heavy (non-hydrogen) atoms. The molecule has 5 nitrogen and oxygen atoms in total. The molecule has 0 saturated heterocycles. The van der Waals surface area contributed by atoms with E-state index in [0.29, 0.717) is 11.3 Å². The number of amides is 1. The number of aliphatic hydroxyl groups excluding tert-OH is 1. The van der Waals surface area contributed by atoms with E-state index in [1.54, 1.807) is 19.1 Å². The van der Waals surface area contributed by atoms with E-state index in [4.69, 9.17) is 10.5 Å². The molecule has 0 saturated carbocycles. The van der Waals surface area contributed by atoms with Crippen LogP contribution in [0.5, 0.6) is 0 Å². The van der Waals surface area contributed by atoms with Gasteiger partial charge >= 0.3 is 0 Å². The number of hydrogen-bond donors (Lipinski definition) is 3. The zero-order valence-corrected chi connectivity index (χ0v) is 12.0. The Morgan fingerprint density at radius 3 is 2.89 bits per heavy atom. The van der Waals surface area contributed by atoms with Crippen molar-refractivity contribution in [3.63, 3.8) is 0 Å². The van der Waals surface area contributed by atoms with E-state index >= 15 is 0 Å². The first-order chi connectivity index (χ1) is 8.45. The lowest BCUT2D eigenvalue weighted by atomic mass is 10.1. The molecule has 1 rings (SSSR count). The Labute approximate surface area is 114 Å². The number of nitrogen functional groups attached to an aromatic ring is 1. The van der Waals surface area contributed by atoms with Gasteiger partial charge in [-0.3, -0.25) is 4.79 Å². The van der Waals surface area contributed by atoms with Gasteiger partial charge in [0.1, 0.15) is 0 Å². The third kappa shape index (κ3) is 3.97. The highest BCUT2D eigenvalue weighted by Crippen LogP contribution is 2.22. The van der Waals surface area contributed by atoms with Crippen LogP contribution in [0.2, 0.25) is 0 Å². The van der Waals surface area contributed by atoms with Crippen molar-refractivity contribution in [3.05, 3.63) is 27.7 Å². The van der Waals surface area contributed by atoms with Gasteiger partial charge in [-0.25, -0.2) is 0 Å². The molecule has 0 aliphatic heterocycles. The maximum absolute atomic E-state index is 11.9. The topological polar surface area (TPSA) is 84.6 Å². The summed E-state index contributed by atoms with van der Waals surface area (Å²) in [6.07, 6.45) is -0.719. The number of aliphatic hydroxyl groups is 1. The first-order valence-corrected chi connectivity index (χ1v) is 6.25. The average Bonchev–Trinajstić information content (AvgIpc) is 2.31. The molecule has 0 aliphatic rings. The van der Waals surface area contributed by atoms with Crippen LogP contribution >= 0.6 is 15.9 Å². The number of anilines is 1. The summed E-state index contributed by atoms with van der Waals surface area (Å²) >= 11 is 3.29. The van der Waals surface area contributed by atoms with Crippen LogP contribution in [0.1, 0.15) is 15.9 Å². The zero-order chi connectivity index (χ0) is 13.7. The summed E-state index contributed by atoms with van der Waals surface area (Å²) in [7, 11) is 1.49. The summed E-state index contributed by atoms with van der Waals surface area (Å²) < 4.78 is 5.52. The minimum Gasteiger partial charge on any atom is -0.398 e. The van der Waals surface area contributed by atoms with Crippen LogP contribution in [0.25, 0.3) is 0 Å². The number of rotatable bonds is 5. The Hall–Kier alpha value is -1.11. The molecule has 1 aromatic rings. The van der Waals surface area contributed by atoms with E-state index in [9.17, 15) is 9.90 Å². The summed E-state index contributed by atoms with van der Waals surface area (Å²) in [5.74, 6) is -0.268. The average molecular weight is 317 g/mol. The molecule has 0 heterocycles. The van der Waals surface area contributed by atoms with Gasteiger partial charge in [-0.15, -0.1) is 0 Å². The predicted molar refractivity (Wildman–Crippen MR) is 73.5 cm³/mol. The highest BCUT2D eigenvalue weighted by atomic mass is 79.9. The van der Waals surface area contributed by atoms with E-state index in [-0.39, 0.29) is 19.1 Å². The minimum atomic E-state index is -0.719. The fourth-order valence-corrected chi connectivity index (χ4v) is 1.97. The molecule has 4 N–H and O–H groups in total. The van der Waals surface area contributed by atoms with Gasteiger partial charge in [-0.05, 0) is 24.6 Å². The second-order valence-corrected chi connectivity index (χ2v) is 4.90. The maximum Gasteiger partial charge on any atom is 0.251 e. The normalized spacial score (nSPS) is 12.2. The summed E-state index contributed by atoms with van der Waals surface area (Å²) in [5, 5.41) is 12.1. The third-order valence-electron chi connectivity index (χ3n) is 2.51. The molecule has 0 aromatic heterocycles. The summed E-state index contributed by atoms with van der Waals surface area (Å²) in [6.45, 7) is 2.10. The summed E-state index contributed by atoms with van der Waals surface area (Å²) in [5.41, 5.74) is 7.54. The first-order valence-electron chi connectivity index (χ1n) is 5.46. The van der Waals surface area contributed by atoms with E-state index in [2.05, 4.69) is 21.2 Å². The van der Waals surface area contributed by atoms with Crippen molar-refractivity contribution < 1.29 is 14.6 Å². The van der Waals surface area contributed by atoms with Gasteiger partial charge in [0.05, 0.1) is 12.7 Å². The molecule has 6 heteroatoms. The van der Waals surface area contributed by atoms with Gasteiger partial charge in [0, 0.05) is 29.4 Å².